The topological polar surface area (TPSA) is 99.1 Å². The third-order valence-electron chi connectivity index (χ3n) is 4.93. The molecule has 0 aromatic heterocycles. The minimum absolute atomic E-state index is 0.0314. The zero-order chi connectivity index (χ0) is 21.6. The summed E-state index contributed by atoms with van der Waals surface area (Å²) in [5.41, 5.74) is 0.462. The van der Waals surface area contributed by atoms with E-state index in [0.29, 0.717) is 25.1 Å². The van der Waals surface area contributed by atoms with Crippen molar-refractivity contribution in [2.75, 3.05) is 26.7 Å². The number of likely N-dealkylation sites (N-methyl/N-ethyl adjacent to an activating group) is 2. The van der Waals surface area contributed by atoms with Gasteiger partial charge in [-0.15, -0.1) is 0 Å². The van der Waals surface area contributed by atoms with Crippen LogP contribution in [0.15, 0.2) is 34.2 Å². The molecule has 1 aromatic carbocycles. The van der Waals surface area contributed by atoms with Gasteiger partial charge in [-0.25, -0.2) is 8.42 Å². The summed E-state index contributed by atoms with van der Waals surface area (Å²) in [6, 6.07) is 5.80. The van der Waals surface area contributed by atoms with Crippen molar-refractivity contribution in [2.24, 2.45) is 4.99 Å². The molecule has 0 aliphatic carbocycles. The van der Waals surface area contributed by atoms with Gasteiger partial charge in [-0.05, 0) is 32.4 Å². The standard InChI is InChI=1S/C20H30N4O4S/c1-5-8-12-16(20(26)23(4)14-18(25)24(6-2)7-3)21-19-15-11-9-10-13-17(15)29(27,28)22-19/h9-11,13,16H,5-8,12,14H2,1-4H3,(H,21,22). The number of carbonyl (C=O) groups excluding carboxylic acids is 2. The van der Waals surface area contributed by atoms with Crippen molar-refractivity contribution in [3.8, 4) is 0 Å². The Morgan fingerprint density at radius 1 is 1.14 bits per heavy atom. The number of hydrogen-bond acceptors (Lipinski definition) is 5. The SMILES string of the molecule is CCCCC(N=C1NS(=O)(=O)c2ccccc21)C(=O)N(C)CC(=O)N(CC)CC. The second kappa shape index (κ2) is 9.87. The maximum atomic E-state index is 13.0. The van der Waals surface area contributed by atoms with Crippen LogP contribution in [0.1, 0.15) is 45.6 Å². The predicted octanol–water partition coefficient (Wildman–Crippen LogP) is 1.61. The summed E-state index contributed by atoms with van der Waals surface area (Å²) in [4.78, 5) is 33.0. The van der Waals surface area contributed by atoms with E-state index in [9.17, 15) is 18.0 Å². The smallest absolute Gasteiger partial charge is 0.263 e. The van der Waals surface area contributed by atoms with Gasteiger partial charge in [0.1, 0.15) is 11.9 Å². The molecule has 1 atom stereocenters. The van der Waals surface area contributed by atoms with E-state index in [1.165, 1.54) is 11.0 Å². The molecule has 29 heavy (non-hydrogen) atoms. The highest BCUT2D eigenvalue weighted by Crippen LogP contribution is 2.23. The molecule has 0 spiro atoms. The monoisotopic (exact) mass is 422 g/mol. The van der Waals surface area contributed by atoms with Gasteiger partial charge in [0.25, 0.3) is 10.0 Å². The Balaban J connectivity index is 2.27. The normalized spacial score (nSPS) is 16.8. The molecule has 1 aliphatic heterocycles. The van der Waals surface area contributed by atoms with E-state index < -0.39 is 16.1 Å². The Labute approximate surface area is 173 Å². The van der Waals surface area contributed by atoms with Crippen molar-refractivity contribution in [2.45, 2.75) is 51.0 Å². The van der Waals surface area contributed by atoms with E-state index in [2.05, 4.69) is 9.71 Å². The van der Waals surface area contributed by atoms with Gasteiger partial charge < -0.3 is 9.80 Å². The number of aliphatic imine (C=N–C) groups is 1. The van der Waals surface area contributed by atoms with Gasteiger partial charge in [-0.2, -0.15) is 0 Å². The number of rotatable bonds is 9. The second-order valence-corrected chi connectivity index (χ2v) is 8.65. The molecule has 0 saturated heterocycles. The maximum absolute atomic E-state index is 13.0. The summed E-state index contributed by atoms with van der Waals surface area (Å²) in [5.74, 6) is -0.242. The first kappa shape index (κ1) is 22.9. The molecular formula is C20H30N4O4S. The lowest BCUT2D eigenvalue weighted by Crippen LogP contribution is -2.44. The van der Waals surface area contributed by atoms with Gasteiger partial charge in [0.15, 0.2) is 0 Å². The van der Waals surface area contributed by atoms with Crippen molar-refractivity contribution in [1.29, 1.82) is 0 Å². The third-order valence-corrected chi connectivity index (χ3v) is 6.33. The second-order valence-electron chi connectivity index (χ2n) is 7.00. The molecule has 1 heterocycles. The Kier molecular flexibility index (Phi) is 7.78. The summed E-state index contributed by atoms with van der Waals surface area (Å²) in [5, 5.41) is 0. The largest absolute Gasteiger partial charge is 0.342 e. The fourth-order valence-electron chi connectivity index (χ4n) is 3.24. The number of carbonyl (C=O) groups is 2. The van der Waals surface area contributed by atoms with Crippen molar-refractivity contribution in [3.63, 3.8) is 0 Å². The number of nitrogens with zero attached hydrogens (tertiary/aromatic N) is 3. The lowest BCUT2D eigenvalue weighted by atomic mass is 10.1. The van der Waals surface area contributed by atoms with Gasteiger partial charge >= 0.3 is 0 Å². The van der Waals surface area contributed by atoms with Crippen LogP contribution in [-0.4, -0.2) is 68.6 Å². The van der Waals surface area contributed by atoms with Crippen LogP contribution >= 0.6 is 0 Å². The van der Waals surface area contributed by atoms with Crippen LogP contribution < -0.4 is 4.72 Å². The summed E-state index contributed by atoms with van der Waals surface area (Å²) >= 11 is 0. The van der Waals surface area contributed by atoms with Crippen molar-refractivity contribution in [3.05, 3.63) is 29.8 Å². The molecule has 2 rings (SSSR count). The van der Waals surface area contributed by atoms with E-state index in [-0.39, 0.29) is 29.1 Å². The Hall–Kier alpha value is -2.42. The quantitative estimate of drug-likeness (QED) is 0.653. The molecule has 0 bridgehead atoms. The summed E-state index contributed by atoms with van der Waals surface area (Å²) in [6.45, 7) is 6.92. The van der Waals surface area contributed by atoms with Crippen molar-refractivity contribution >= 4 is 27.7 Å². The highest BCUT2D eigenvalue weighted by atomic mass is 32.2. The number of amidine groups is 1. The number of sulfonamides is 1. The molecule has 9 heteroatoms. The van der Waals surface area contributed by atoms with Gasteiger partial charge in [0.2, 0.25) is 11.8 Å². The average molecular weight is 423 g/mol. The molecule has 160 valence electrons. The van der Waals surface area contributed by atoms with Crippen molar-refractivity contribution < 1.29 is 18.0 Å². The lowest BCUT2D eigenvalue weighted by molar-refractivity contribution is -0.139. The fraction of sp³-hybridized carbons (Fsp3) is 0.550. The number of fused-ring (bicyclic) bond motifs is 1. The Morgan fingerprint density at radius 3 is 2.41 bits per heavy atom. The molecular weight excluding hydrogens is 392 g/mol. The molecule has 8 nitrogen and oxygen atoms in total. The summed E-state index contributed by atoms with van der Waals surface area (Å²) < 4.78 is 27.1. The molecule has 1 unspecified atom stereocenters. The van der Waals surface area contributed by atoms with Crippen LogP contribution in [0.5, 0.6) is 0 Å². The molecule has 1 N–H and O–H groups in total. The molecule has 2 amide bonds. The van der Waals surface area contributed by atoms with Crippen LogP contribution in [0.2, 0.25) is 0 Å². The number of unbranched alkanes of at least 4 members (excludes halogenated alkanes) is 1. The van der Waals surface area contributed by atoms with E-state index in [1.807, 2.05) is 20.8 Å². The molecule has 1 aromatic rings. The van der Waals surface area contributed by atoms with Gasteiger partial charge in [-0.3, -0.25) is 19.3 Å². The van der Waals surface area contributed by atoms with E-state index in [4.69, 9.17) is 0 Å². The van der Waals surface area contributed by atoms with E-state index in [0.717, 1.165) is 12.8 Å². The highest BCUT2D eigenvalue weighted by Gasteiger charge is 2.32. The number of amides is 2. The summed E-state index contributed by atoms with van der Waals surface area (Å²) in [7, 11) is -2.09. The van der Waals surface area contributed by atoms with E-state index in [1.54, 1.807) is 30.1 Å². The zero-order valence-corrected chi connectivity index (χ0v) is 18.3. The van der Waals surface area contributed by atoms with Crippen LogP contribution in [0.25, 0.3) is 0 Å². The number of hydrogen-bond donors (Lipinski definition) is 1. The van der Waals surface area contributed by atoms with Crippen LogP contribution in [0, 0.1) is 0 Å². The van der Waals surface area contributed by atoms with Gasteiger partial charge in [0.05, 0.1) is 11.4 Å². The fourth-order valence-corrected chi connectivity index (χ4v) is 4.48. The first-order valence-electron chi connectivity index (χ1n) is 9.97. The Bertz CT molecular complexity index is 878. The predicted molar refractivity (Wildman–Crippen MR) is 112 cm³/mol. The van der Waals surface area contributed by atoms with Crippen LogP contribution in [-0.2, 0) is 19.6 Å². The molecule has 0 radical (unpaired) electrons. The van der Waals surface area contributed by atoms with Gasteiger partial charge in [-0.1, -0.05) is 31.9 Å². The minimum Gasteiger partial charge on any atom is -0.342 e. The van der Waals surface area contributed by atoms with Crippen molar-refractivity contribution in [1.82, 2.24) is 14.5 Å². The minimum atomic E-state index is -3.67. The van der Waals surface area contributed by atoms with Gasteiger partial charge in [0, 0.05) is 25.7 Å². The molecule has 0 fully saturated rings. The average Bonchev–Trinajstić information content (AvgIpc) is 2.95. The third kappa shape index (κ3) is 5.35. The highest BCUT2D eigenvalue weighted by molar-refractivity contribution is 7.90. The Morgan fingerprint density at radius 2 is 1.79 bits per heavy atom. The first-order chi connectivity index (χ1) is 13.7. The van der Waals surface area contributed by atoms with E-state index >= 15 is 0 Å². The molecule has 0 saturated carbocycles. The first-order valence-corrected chi connectivity index (χ1v) is 11.5. The van der Waals surface area contributed by atoms with Crippen LogP contribution in [0.3, 0.4) is 0 Å². The van der Waals surface area contributed by atoms with Crippen LogP contribution in [0.4, 0.5) is 0 Å². The zero-order valence-electron chi connectivity index (χ0n) is 17.5. The lowest BCUT2D eigenvalue weighted by Gasteiger charge is -2.25. The maximum Gasteiger partial charge on any atom is 0.263 e. The summed E-state index contributed by atoms with van der Waals surface area (Å²) in [6.07, 6.45) is 2.12. The molecule has 1 aliphatic rings. The number of benzene rings is 1. The number of nitrogens with one attached hydrogen (secondary N) is 1.